The van der Waals surface area contributed by atoms with Crippen LogP contribution in [0.5, 0.6) is 6.01 Å². The van der Waals surface area contributed by atoms with Gasteiger partial charge in [0.05, 0.1) is 10.4 Å². The van der Waals surface area contributed by atoms with Crippen LogP contribution in [-0.2, 0) is 4.79 Å². The van der Waals surface area contributed by atoms with Gasteiger partial charge >= 0.3 is 12.0 Å². The van der Waals surface area contributed by atoms with E-state index in [-0.39, 0.29) is 12.0 Å². The first-order chi connectivity index (χ1) is 8.15. The summed E-state index contributed by atoms with van der Waals surface area (Å²) in [4.78, 5) is 18.8. The van der Waals surface area contributed by atoms with E-state index in [1.54, 1.807) is 12.4 Å². The number of carboxylic acids is 1. The summed E-state index contributed by atoms with van der Waals surface area (Å²) in [6.07, 6.45) is 6.11. The monoisotopic (exact) mass is 300 g/mol. The SMILES string of the molecule is O=C(O)C1CCC(Oc2ncc(Br)cn2)CC1. The summed E-state index contributed by atoms with van der Waals surface area (Å²) in [5.74, 6) is -0.927. The van der Waals surface area contributed by atoms with Crippen LogP contribution in [0, 0.1) is 5.92 Å². The summed E-state index contributed by atoms with van der Waals surface area (Å²) >= 11 is 3.25. The maximum atomic E-state index is 10.8. The Morgan fingerprint density at radius 2 is 1.88 bits per heavy atom. The molecule has 1 aliphatic carbocycles. The highest BCUT2D eigenvalue weighted by molar-refractivity contribution is 9.10. The number of carbonyl (C=O) groups is 1. The standard InChI is InChI=1S/C11H13BrN2O3/c12-8-5-13-11(14-6-8)17-9-3-1-7(2-4-9)10(15)16/h5-7,9H,1-4H2,(H,15,16). The molecule has 92 valence electrons. The number of rotatable bonds is 3. The zero-order chi connectivity index (χ0) is 12.3. The van der Waals surface area contributed by atoms with Crippen molar-refractivity contribution in [3.63, 3.8) is 0 Å². The Morgan fingerprint density at radius 3 is 2.41 bits per heavy atom. The number of ether oxygens (including phenoxy) is 1. The minimum absolute atomic E-state index is 0.0341. The van der Waals surface area contributed by atoms with Gasteiger partial charge in [0.25, 0.3) is 0 Å². The first-order valence-electron chi connectivity index (χ1n) is 5.52. The Labute approximate surface area is 107 Å². The lowest BCUT2D eigenvalue weighted by atomic mass is 9.87. The van der Waals surface area contributed by atoms with E-state index in [0.29, 0.717) is 18.9 Å². The summed E-state index contributed by atoms with van der Waals surface area (Å²) in [5, 5.41) is 8.87. The second-order valence-corrected chi connectivity index (χ2v) is 5.03. The molecule has 0 aromatic carbocycles. The summed E-state index contributed by atoms with van der Waals surface area (Å²) in [6, 6.07) is 0.354. The minimum atomic E-state index is -0.705. The number of hydrogen-bond acceptors (Lipinski definition) is 4. The summed E-state index contributed by atoms with van der Waals surface area (Å²) in [5.41, 5.74) is 0. The summed E-state index contributed by atoms with van der Waals surface area (Å²) < 4.78 is 6.41. The Kier molecular flexibility index (Phi) is 3.93. The van der Waals surface area contributed by atoms with E-state index in [1.807, 2.05) is 0 Å². The smallest absolute Gasteiger partial charge is 0.316 e. The maximum absolute atomic E-state index is 10.8. The fraction of sp³-hybridized carbons (Fsp3) is 0.545. The van der Waals surface area contributed by atoms with Crippen LogP contribution in [0.15, 0.2) is 16.9 Å². The Morgan fingerprint density at radius 1 is 1.29 bits per heavy atom. The maximum Gasteiger partial charge on any atom is 0.316 e. The molecule has 1 aliphatic rings. The van der Waals surface area contributed by atoms with Crippen LogP contribution in [0.2, 0.25) is 0 Å². The van der Waals surface area contributed by atoms with Crippen molar-refractivity contribution in [1.29, 1.82) is 0 Å². The molecule has 1 aromatic rings. The molecule has 1 saturated carbocycles. The van der Waals surface area contributed by atoms with E-state index in [1.165, 1.54) is 0 Å². The van der Waals surface area contributed by atoms with Gasteiger partial charge in [-0.15, -0.1) is 0 Å². The fourth-order valence-electron chi connectivity index (χ4n) is 1.94. The van der Waals surface area contributed by atoms with Gasteiger partial charge in [-0.1, -0.05) is 0 Å². The molecule has 5 nitrogen and oxygen atoms in total. The Bertz CT molecular complexity index is 388. The predicted molar refractivity (Wildman–Crippen MR) is 63.7 cm³/mol. The molecule has 0 spiro atoms. The third-order valence-corrected chi connectivity index (χ3v) is 3.30. The molecular weight excluding hydrogens is 288 g/mol. The number of hydrogen-bond donors (Lipinski definition) is 1. The zero-order valence-electron chi connectivity index (χ0n) is 9.17. The molecule has 0 amide bonds. The van der Waals surface area contributed by atoms with Crippen molar-refractivity contribution in [2.24, 2.45) is 5.92 Å². The number of halogens is 1. The molecule has 6 heteroatoms. The summed E-state index contributed by atoms with van der Waals surface area (Å²) in [6.45, 7) is 0. The van der Waals surface area contributed by atoms with E-state index < -0.39 is 5.97 Å². The molecule has 0 bridgehead atoms. The van der Waals surface area contributed by atoms with Crippen LogP contribution in [-0.4, -0.2) is 27.1 Å². The number of aromatic nitrogens is 2. The molecule has 0 aliphatic heterocycles. The van der Waals surface area contributed by atoms with E-state index >= 15 is 0 Å². The average molecular weight is 301 g/mol. The molecular formula is C11H13BrN2O3. The van der Waals surface area contributed by atoms with Crippen LogP contribution in [0.1, 0.15) is 25.7 Å². The Hall–Kier alpha value is -1.17. The molecule has 0 radical (unpaired) electrons. The topological polar surface area (TPSA) is 72.3 Å². The van der Waals surface area contributed by atoms with Gasteiger partial charge < -0.3 is 9.84 Å². The van der Waals surface area contributed by atoms with Gasteiger partial charge in [-0.05, 0) is 41.6 Å². The number of nitrogens with zero attached hydrogens (tertiary/aromatic N) is 2. The predicted octanol–water partition coefficient (Wildman–Crippen LogP) is 2.26. The highest BCUT2D eigenvalue weighted by Gasteiger charge is 2.27. The van der Waals surface area contributed by atoms with Crippen LogP contribution in [0.3, 0.4) is 0 Å². The van der Waals surface area contributed by atoms with E-state index in [4.69, 9.17) is 9.84 Å². The largest absolute Gasteiger partial charge is 0.481 e. The van der Waals surface area contributed by atoms with Crippen molar-refractivity contribution < 1.29 is 14.6 Å². The molecule has 0 atom stereocenters. The quantitative estimate of drug-likeness (QED) is 0.927. The second kappa shape index (κ2) is 5.44. The van der Waals surface area contributed by atoms with Gasteiger partial charge in [0.1, 0.15) is 6.10 Å². The van der Waals surface area contributed by atoms with Crippen LogP contribution >= 0.6 is 15.9 Å². The fourth-order valence-corrected chi connectivity index (χ4v) is 2.14. The molecule has 17 heavy (non-hydrogen) atoms. The highest BCUT2D eigenvalue weighted by Crippen LogP contribution is 2.26. The highest BCUT2D eigenvalue weighted by atomic mass is 79.9. The number of carboxylic acid groups (broad SMARTS) is 1. The lowest BCUT2D eigenvalue weighted by molar-refractivity contribution is -0.143. The normalized spacial score (nSPS) is 24.3. The molecule has 0 unspecified atom stereocenters. The number of aliphatic carboxylic acids is 1. The van der Waals surface area contributed by atoms with Crippen LogP contribution in [0.4, 0.5) is 0 Å². The van der Waals surface area contributed by atoms with Crippen molar-refractivity contribution in [2.75, 3.05) is 0 Å². The van der Waals surface area contributed by atoms with Crippen LogP contribution < -0.4 is 4.74 Å². The van der Waals surface area contributed by atoms with Gasteiger partial charge in [0, 0.05) is 12.4 Å². The van der Waals surface area contributed by atoms with Crippen molar-refractivity contribution in [3.8, 4) is 6.01 Å². The van der Waals surface area contributed by atoms with Crippen molar-refractivity contribution in [3.05, 3.63) is 16.9 Å². The summed E-state index contributed by atoms with van der Waals surface area (Å²) in [7, 11) is 0. The van der Waals surface area contributed by atoms with Crippen molar-refractivity contribution >= 4 is 21.9 Å². The van der Waals surface area contributed by atoms with Gasteiger partial charge in [-0.25, -0.2) is 9.97 Å². The van der Waals surface area contributed by atoms with Crippen molar-refractivity contribution in [2.45, 2.75) is 31.8 Å². The molecule has 1 fully saturated rings. The lowest BCUT2D eigenvalue weighted by Crippen LogP contribution is -2.28. The van der Waals surface area contributed by atoms with E-state index in [2.05, 4.69) is 25.9 Å². The lowest BCUT2D eigenvalue weighted by Gasteiger charge is -2.25. The molecule has 2 rings (SSSR count). The minimum Gasteiger partial charge on any atom is -0.481 e. The van der Waals surface area contributed by atoms with E-state index in [0.717, 1.165) is 17.3 Å². The van der Waals surface area contributed by atoms with E-state index in [9.17, 15) is 4.79 Å². The Balaban J connectivity index is 1.85. The first kappa shape index (κ1) is 12.3. The van der Waals surface area contributed by atoms with Gasteiger partial charge in [-0.2, -0.15) is 0 Å². The van der Waals surface area contributed by atoms with Gasteiger partial charge in [0.15, 0.2) is 0 Å². The van der Waals surface area contributed by atoms with Gasteiger partial charge in [-0.3, -0.25) is 4.79 Å². The third kappa shape index (κ3) is 3.39. The zero-order valence-corrected chi connectivity index (χ0v) is 10.8. The third-order valence-electron chi connectivity index (χ3n) is 2.89. The van der Waals surface area contributed by atoms with Crippen LogP contribution in [0.25, 0.3) is 0 Å². The molecule has 1 N–H and O–H groups in total. The van der Waals surface area contributed by atoms with Crippen molar-refractivity contribution in [1.82, 2.24) is 9.97 Å². The van der Waals surface area contributed by atoms with Gasteiger partial charge in [0.2, 0.25) is 0 Å². The molecule has 1 aromatic heterocycles. The average Bonchev–Trinajstić information content (AvgIpc) is 2.33. The molecule has 1 heterocycles. The first-order valence-corrected chi connectivity index (χ1v) is 6.31. The molecule has 0 saturated heterocycles. The second-order valence-electron chi connectivity index (χ2n) is 4.11.